The monoisotopic (exact) mass is 361 g/mol. The van der Waals surface area contributed by atoms with Crippen LogP contribution >= 0.6 is 0 Å². The van der Waals surface area contributed by atoms with E-state index in [1.165, 1.54) is 18.4 Å². The van der Waals surface area contributed by atoms with Gasteiger partial charge in [-0.05, 0) is 63.1 Å². The van der Waals surface area contributed by atoms with Crippen molar-refractivity contribution in [2.24, 2.45) is 11.8 Å². The number of hydrogen-bond donors (Lipinski definition) is 0. The zero-order valence-electron chi connectivity index (χ0n) is 15.7. The summed E-state index contributed by atoms with van der Waals surface area (Å²) >= 11 is 0. The molecule has 2 saturated heterocycles. The predicted octanol–water partition coefficient (Wildman–Crippen LogP) is 1.50. The van der Waals surface area contributed by atoms with E-state index in [-0.39, 0.29) is 5.56 Å². The Morgan fingerprint density at radius 3 is 2.50 bits per heavy atom. The van der Waals surface area contributed by atoms with Gasteiger partial charge >= 0.3 is 0 Å². The lowest BCUT2D eigenvalue weighted by molar-refractivity contribution is 0.0850. The van der Waals surface area contributed by atoms with Crippen LogP contribution in [0.2, 0.25) is 0 Å². The van der Waals surface area contributed by atoms with Crippen LogP contribution in [0.1, 0.15) is 36.9 Å². The lowest BCUT2D eigenvalue weighted by Gasteiger charge is -2.34. The molecule has 2 fully saturated rings. The molecule has 144 valence electrons. The molecule has 0 bridgehead atoms. The Kier molecular flexibility index (Phi) is 6.02. The van der Waals surface area contributed by atoms with Crippen LogP contribution in [0, 0.1) is 11.8 Å². The molecule has 0 spiro atoms. The largest absolute Gasteiger partial charge is 0.379 e. The second-order valence-corrected chi connectivity index (χ2v) is 8.10. The van der Waals surface area contributed by atoms with Crippen LogP contribution in [0.3, 0.4) is 0 Å². The highest BCUT2D eigenvalue weighted by atomic mass is 16.5. The third-order valence-electron chi connectivity index (χ3n) is 6.01. The summed E-state index contributed by atoms with van der Waals surface area (Å²) in [5.41, 5.74) is 2.42. The van der Waals surface area contributed by atoms with Crippen LogP contribution in [0.4, 0.5) is 0 Å². The fourth-order valence-electron chi connectivity index (χ4n) is 4.46. The first-order valence-electron chi connectivity index (χ1n) is 10.3. The highest BCUT2D eigenvalue weighted by Gasteiger charge is 2.24. The molecule has 3 aliphatic rings. The lowest BCUT2D eigenvalue weighted by Crippen LogP contribution is -2.40. The number of likely N-dealkylation sites (tertiary alicyclic amines) is 1. The van der Waals surface area contributed by atoms with Gasteiger partial charge in [0.05, 0.1) is 32.1 Å². The molecule has 4 rings (SSSR count). The van der Waals surface area contributed by atoms with Crippen molar-refractivity contribution in [1.29, 1.82) is 0 Å². The van der Waals surface area contributed by atoms with Crippen molar-refractivity contribution in [3.05, 3.63) is 27.7 Å². The van der Waals surface area contributed by atoms with Gasteiger partial charge in [0.1, 0.15) is 0 Å². The fourth-order valence-corrected chi connectivity index (χ4v) is 4.46. The van der Waals surface area contributed by atoms with Crippen LogP contribution in [0.15, 0.2) is 10.9 Å². The first-order chi connectivity index (χ1) is 12.8. The minimum absolute atomic E-state index is 0.0841. The van der Waals surface area contributed by atoms with Crippen LogP contribution < -0.4 is 5.56 Å². The third-order valence-corrected chi connectivity index (χ3v) is 6.01. The van der Waals surface area contributed by atoms with Crippen molar-refractivity contribution in [2.75, 3.05) is 46.1 Å². The van der Waals surface area contributed by atoms with Crippen LogP contribution in [-0.2, 0) is 28.9 Å². The summed E-state index contributed by atoms with van der Waals surface area (Å²) in [5, 5.41) is 4.69. The van der Waals surface area contributed by atoms with E-state index >= 15 is 0 Å². The summed E-state index contributed by atoms with van der Waals surface area (Å²) in [5.74, 6) is 1.04. The van der Waals surface area contributed by atoms with E-state index in [1.807, 2.05) is 6.07 Å². The van der Waals surface area contributed by atoms with E-state index in [1.54, 1.807) is 4.68 Å². The summed E-state index contributed by atoms with van der Waals surface area (Å²) < 4.78 is 13.0. The van der Waals surface area contributed by atoms with Gasteiger partial charge in [0.25, 0.3) is 5.56 Å². The topological polar surface area (TPSA) is 56.6 Å². The van der Waals surface area contributed by atoms with Gasteiger partial charge < -0.3 is 14.4 Å². The Labute approximate surface area is 155 Å². The average molecular weight is 361 g/mol. The van der Waals surface area contributed by atoms with Gasteiger partial charge in [-0.2, -0.15) is 5.10 Å². The van der Waals surface area contributed by atoms with Gasteiger partial charge in [-0.1, -0.05) is 0 Å². The molecular formula is C20H31N3O3. The molecule has 3 heterocycles. The number of rotatable bonds is 4. The molecule has 0 atom stereocenters. The molecule has 1 aromatic heterocycles. The highest BCUT2D eigenvalue weighted by Crippen LogP contribution is 2.21. The molecule has 1 aliphatic carbocycles. The van der Waals surface area contributed by atoms with E-state index < -0.39 is 0 Å². The molecule has 0 radical (unpaired) electrons. The van der Waals surface area contributed by atoms with Crippen molar-refractivity contribution in [3.8, 4) is 0 Å². The van der Waals surface area contributed by atoms with Gasteiger partial charge in [-0.15, -0.1) is 0 Å². The van der Waals surface area contributed by atoms with Gasteiger partial charge in [0.2, 0.25) is 0 Å². The van der Waals surface area contributed by atoms with E-state index in [4.69, 9.17) is 9.47 Å². The Morgan fingerprint density at radius 2 is 1.73 bits per heavy atom. The predicted molar refractivity (Wildman–Crippen MR) is 99.4 cm³/mol. The third kappa shape index (κ3) is 4.53. The summed E-state index contributed by atoms with van der Waals surface area (Å²) in [6.45, 7) is 7.10. The molecule has 26 heavy (non-hydrogen) atoms. The highest BCUT2D eigenvalue weighted by molar-refractivity contribution is 5.20. The van der Waals surface area contributed by atoms with E-state index in [9.17, 15) is 4.79 Å². The zero-order chi connectivity index (χ0) is 17.8. The maximum Gasteiger partial charge on any atom is 0.267 e. The molecular weight excluding hydrogens is 330 g/mol. The summed E-state index contributed by atoms with van der Waals surface area (Å²) in [7, 11) is 0. The maximum absolute atomic E-state index is 12.4. The molecule has 0 N–H and O–H groups in total. The number of hydrogen-bond acceptors (Lipinski definition) is 5. The Balaban J connectivity index is 1.29. The van der Waals surface area contributed by atoms with Gasteiger partial charge in [0.15, 0.2) is 0 Å². The smallest absolute Gasteiger partial charge is 0.267 e. The summed E-state index contributed by atoms with van der Waals surface area (Å²) in [4.78, 5) is 14.9. The minimum Gasteiger partial charge on any atom is -0.379 e. The molecule has 2 aliphatic heterocycles. The summed E-state index contributed by atoms with van der Waals surface area (Å²) in [6.07, 6.45) is 6.71. The molecule has 0 saturated carbocycles. The standard InChI is InChI=1S/C20H31N3O3/c24-20-11-18-3-1-2-4-19(18)21-23(20)13-16-5-7-22(8-6-16)12-17-14-25-9-10-26-15-17/h11,16-17H,1-10,12-15H2. The van der Waals surface area contributed by atoms with Crippen molar-refractivity contribution < 1.29 is 9.47 Å². The average Bonchev–Trinajstić information content (AvgIpc) is 2.93. The lowest BCUT2D eigenvalue weighted by atomic mass is 9.95. The fraction of sp³-hybridized carbons (Fsp3) is 0.800. The Morgan fingerprint density at radius 1 is 1.00 bits per heavy atom. The van der Waals surface area contributed by atoms with Gasteiger partial charge in [0, 0.05) is 25.1 Å². The van der Waals surface area contributed by atoms with Crippen LogP contribution in [-0.4, -0.2) is 60.7 Å². The first-order valence-corrected chi connectivity index (χ1v) is 10.3. The van der Waals surface area contributed by atoms with Crippen LogP contribution in [0.5, 0.6) is 0 Å². The van der Waals surface area contributed by atoms with Crippen molar-refractivity contribution in [2.45, 2.75) is 45.1 Å². The Hall–Kier alpha value is -1.24. The quantitative estimate of drug-likeness (QED) is 0.813. The van der Waals surface area contributed by atoms with Gasteiger partial charge in [-0.3, -0.25) is 4.79 Å². The van der Waals surface area contributed by atoms with Crippen molar-refractivity contribution in [3.63, 3.8) is 0 Å². The molecule has 0 amide bonds. The molecule has 1 aromatic rings. The van der Waals surface area contributed by atoms with E-state index in [0.717, 1.165) is 84.0 Å². The molecule has 0 unspecified atom stereocenters. The zero-order valence-corrected chi connectivity index (χ0v) is 15.7. The number of aromatic nitrogens is 2. The van der Waals surface area contributed by atoms with Crippen molar-refractivity contribution >= 4 is 0 Å². The van der Waals surface area contributed by atoms with E-state index in [2.05, 4.69) is 10.00 Å². The minimum atomic E-state index is 0.0841. The number of nitrogens with zero attached hydrogens (tertiary/aromatic N) is 3. The molecule has 6 heteroatoms. The maximum atomic E-state index is 12.4. The second kappa shape index (κ2) is 8.63. The van der Waals surface area contributed by atoms with E-state index in [0.29, 0.717) is 11.8 Å². The normalized spacial score (nSPS) is 23.5. The first kappa shape index (κ1) is 18.1. The molecule has 6 nitrogen and oxygen atoms in total. The number of ether oxygens (including phenoxy) is 2. The SMILES string of the molecule is O=c1cc2c(nn1CC1CCN(CC3COCCOC3)CC1)CCCC2. The van der Waals surface area contributed by atoms with Crippen molar-refractivity contribution in [1.82, 2.24) is 14.7 Å². The van der Waals surface area contributed by atoms with Crippen LogP contribution in [0.25, 0.3) is 0 Å². The Bertz CT molecular complexity index is 644. The summed E-state index contributed by atoms with van der Waals surface area (Å²) in [6, 6.07) is 1.84. The molecule has 0 aromatic carbocycles. The van der Waals surface area contributed by atoms with Gasteiger partial charge in [-0.25, -0.2) is 4.68 Å². The second-order valence-electron chi connectivity index (χ2n) is 8.10. The number of fused-ring (bicyclic) bond motifs is 1. The number of piperidine rings is 1. The number of aryl methyl sites for hydroxylation is 2.